The topological polar surface area (TPSA) is 69.0 Å². The summed E-state index contributed by atoms with van der Waals surface area (Å²) in [6.07, 6.45) is 1.69. The number of aryl methyl sites for hydroxylation is 1. The summed E-state index contributed by atoms with van der Waals surface area (Å²) >= 11 is 1.25. The number of hydrogen-bond donors (Lipinski definition) is 1. The second kappa shape index (κ2) is 10.0. The highest BCUT2D eigenvalue weighted by atomic mass is 32.2. The Bertz CT molecular complexity index is 1020. The predicted molar refractivity (Wildman–Crippen MR) is 113 cm³/mol. The number of nitrogens with one attached hydrogen (secondary N) is 1. The van der Waals surface area contributed by atoms with Crippen molar-refractivity contribution in [2.24, 2.45) is 0 Å². The molecule has 156 valence electrons. The first kappa shape index (κ1) is 21.5. The summed E-state index contributed by atoms with van der Waals surface area (Å²) in [7, 11) is 0. The second-order valence-electron chi connectivity index (χ2n) is 6.26. The van der Waals surface area contributed by atoms with Crippen molar-refractivity contribution >= 4 is 23.4 Å². The van der Waals surface area contributed by atoms with Crippen LogP contribution in [-0.2, 0) is 11.3 Å². The molecule has 0 fully saturated rings. The summed E-state index contributed by atoms with van der Waals surface area (Å²) in [6.45, 7) is 3.22. The van der Waals surface area contributed by atoms with Crippen LogP contribution in [0.5, 0.6) is 5.75 Å². The fourth-order valence-corrected chi connectivity index (χ4v) is 3.47. The number of carbonyl (C=O) groups excluding carboxylic acids is 1. The molecular formula is C21H20F2N4O2S. The van der Waals surface area contributed by atoms with Crippen molar-refractivity contribution in [1.82, 2.24) is 14.8 Å². The summed E-state index contributed by atoms with van der Waals surface area (Å²) < 4.78 is 30.8. The third-order valence-corrected chi connectivity index (χ3v) is 5.08. The van der Waals surface area contributed by atoms with Gasteiger partial charge >= 0.3 is 6.61 Å². The lowest BCUT2D eigenvalue weighted by molar-refractivity contribution is -0.113. The molecule has 2 aromatic carbocycles. The molecule has 0 saturated carbocycles. The Balaban J connectivity index is 1.71. The van der Waals surface area contributed by atoms with E-state index in [1.54, 1.807) is 18.2 Å². The average Bonchev–Trinajstić information content (AvgIpc) is 3.11. The molecule has 0 spiro atoms. The molecule has 3 aromatic rings. The molecule has 30 heavy (non-hydrogen) atoms. The molecule has 0 atom stereocenters. The summed E-state index contributed by atoms with van der Waals surface area (Å²) in [6, 6.07) is 13.7. The quantitative estimate of drug-likeness (QED) is 0.391. The smallest absolute Gasteiger partial charge is 0.387 e. The number of nitrogens with zero attached hydrogens (tertiary/aromatic N) is 3. The minimum Gasteiger partial charge on any atom is -0.435 e. The van der Waals surface area contributed by atoms with Crippen LogP contribution in [-0.4, -0.2) is 33.0 Å². The second-order valence-corrected chi connectivity index (χ2v) is 7.20. The maximum Gasteiger partial charge on any atom is 0.387 e. The monoisotopic (exact) mass is 430 g/mol. The minimum absolute atomic E-state index is 0.0611. The lowest BCUT2D eigenvalue weighted by Crippen LogP contribution is -2.15. The summed E-state index contributed by atoms with van der Waals surface area (Å²) in [5.41, 5.74) is 2.43. The Kier molecular flexibility index (Phi) is 7.18. The molecule has 1 aromatic heterocycles. The van der Waals surface area contributed by atoms with E-state index in [2.05, 4.69) is 26.8 Å². The fraction of sp³-hybridized carbons (Fsp3) is 0.190. The number of aromatic nitrogens is 3. The SMILES string of the molecule is C=CCn1c(SCC(=O)Nc2ccccc2C)nnc1-c1ccc(OC(F)F)cc1. The number of ether oxygens (including phenoxy) is 1. The molecule has 0 aliphatic carbocycles. The van der Waals surface area contributed by atoms with Gasteiger partial charge < -0.3 is 10.1 Å². The molecule has 0 aliphatic rings. The third kappa shape index (κ3) is 5.44. The van der Waals surface area contributed by atoms with Crippen LogP contribution < -0.4 is 10.1 Å². The van der Waals surface area contributed by atoms with Crippen molar-refractivity contribution in [3.05, 3.63) is 66.7 Å². The molecule has 9 heteroatoms. The van der Waals surface area contributed by atoms with Gasteiger partial charge in [0.25, 0.3) is 0 Å². The van der Waals surface area contributed by atoms with Gasteiger partial charge in [-0.1, -0.05) is 36.0 Å². The zero-order valence-corrected chi connectivity index (χ0v) is 17.0. The number of hydrogen-bond acceptors (Lipinski definition) is 5. The van der Waals surface area contributed by atoms with Crippen LogP contribution in [0.25, 0.3) is 11.4 Å². The number of allylic oxidation sites excluding steroid dienone is 1. The maximum atomic E-state index is 12.3. The lowest BCUT2D eigenvalue weighted by Gasteiger charge is -2.10. The average molecular weight is 430 g/mol. The van der Waals surface area contributed by atoms with Gasteiger partial charge in [0, 0.05) is 17.8 Å². The molecule has 1 N–H and O–H groups in total. The maximum absolute atomic E-state index is 12.3. The van der Waals surface area contributed by atoms with Crippen LogP contribution in [0.15, 0.2) is 66.3 Å². The number of carbonyl (C=O) groups is 1. The first-order valence-electron chi connectivity index (χ1n) is 9.05. The van der Waals surface area contributed by atoms with Crippen molar-refractivity contribution in [3.8, 4) is 17.1 Å². The molecule has 0 aliphatic heterocycles. The first-order valence-corrected chi connectivity index (χ1v) is 10.0. The van der Waals surface area contributed by atoms with Crippen LogP contribution in [0, 0.1) is 6.92 Å². The summed E-state index contributed by atoms with van der Waals surface area (Å²) in [5, 5.41) is 11.8. The van der Waals surface area contributed by atoms with E-state index in [1.807, 2.05) is 35.8 Å². The van der Waals surface area contributed by atoms with Gasteiger partial charge in [-0.05, 0) is 42.8 Å². The van der Waals surface area contributed by atoms with Crippen LogP contribution in [0.1, 0.15) is 5.56 Å². The number of para-hydroxylation sites is 1. The third-order valence-electron chi connectivity index (χ3n) is 4.12. The van der Waals surface area contributed by atoms with Crippen molar-refractivity contribution in [2.45, 2.75) is 25.2 Å². The number of amides is 1. The van der Waals surface area contributed by atoms with Crippen LogP contribution in [0.2, 0.25) is 0 Å². The largest absolute Gasteiger partial charge is 0.435 e. The highest BCUT2D eigenvalue weighted by Gasteiger charge is 2.16. The Labute approximate surface area is 177 Å². The molecule has 3 rings (SSSR count). The number of halogens is 2. The molecular weight excluding hydrogens is 410 g/mol. The summed E-state index contributed by atoms with van der Waals surface area (Å²) in [4.78, 5) is 12.3. The van der Waals surface area contributed by atoms with Gasteiger partial charge in [-0.25, -0.2) is 0 Å². The van der Waals surface area contributed by atoms with Gasteiger partial charge in [-0.15, -0.1) is 16.8 Å². The number of rotatable bonds is 9. The van der Waals surface area contributed by atoms with Crippen LogP contribution >= 0.6 is 11.8 Å². The minimum atomic E-state index is -2.88. The van der Waals surface area contributed by atoms with E-state index in [0.29, 0.717) is 23.1 Å². The molecule has 0 saturated heterocycles. The van der Waals surface area contributed by atoms with Crippen molar-refractivity contribution in [3.63, 3.8) is 0 Å². The van der Waals surface area contributed by atoms with E-state index in [0.717, 1.165) is 11.3 Å². The highest BCUT2D eigenvalue weighted by Crippen LogP contribution is 2.26. The molecule has 0 radical (unpaired) electrons. The Morgan fingerprint density at radius 2 is 1.97 bits per heavy atom. The van der Waals surface area contributed by atoms with E-state index in [9.17, 15) is 13.6 Å². The fourth-order valence-electron chi connectivity index (χ4n) is 2.72. The number of thioether (sulfide) groups is 1. The highest BCUT2D eigenvalue weighted by molar-refractivity contribution is 7.99. The van der Waals surface area contributed by atoms with E-state index < -0.39 is 6.61 Å². The van der Waals surface area contributed by atoms with E-state index >= 15 is 0 Å². The number of benzene rings is 2. The standard InChI is InChI=1S/C21H20F2N4O2S/c1-3-12-27-19(15-8-10-16(11-9-15)29-20(22)23)25-26-21(27)30-13-18(28)24-17-7-5-4-6-14(17)2/h3-11,20H,1,12-13H2,2H3,(H,24,28). The van der Waals surface area contributed by atoms with E-state index in [1.165, 1.54) is 23.9 Å². The molecule has 1 heterocycles. The van der Waals surface area contributed by atoms with Gasteiger partial charge in [-0.2, -0.15) is 8.78 Å². The number of alkyl halides is 2. The molecule has 6 nitrogen and oxygen atoms in total. The van der Waals surface area contributed by atoms with Gasteiger partial charge in [0.05, 0.1) is 5.75 Å². The van der Waals surface area contributed by atoms with E-state index in [4.69, 9.17) is 0 Å². The Hall–Kier alpha value is -3.20. The number of anilines is 1. The van der Waals surface area contributed by atoms with Gasteiger partial charge in [-0.3, -0.25) is 9.36 Å². The Morgan fingerprint density at radius 3 is 2.63 bits per heavy atom. The van der Waals surface area contributed by atoms with Crippen LogP contribution in [0.4, 0.5) is 14.5 Å². The normalized spacial score (nSPS) is 10.8. The molecule has 1 amide bonds. The summed E-state index contributed by atoms with van der Waals surface area (Å²) in [5.74, 6) is 0.606. The van der Waals surface area contributed by atoms with Crippen molar-refractivity contribution < 1.29 is 18.3 Å². The van der Waals surface area contributed by atoms with Crippen LogP contribution in [0.3, 0.4) is 0 Å². The zero-order valence-electron chi connectivity index (χ0n) is 16.2. The van der Waals surface area contributed by atoms with Crippen molar-refractivity contribution in [2.75, 3.05) is 11.1 Å². The molecule has 0 unspecified atom stereocenters. The van der Waals surface area contributed by atoms with Crippen molar-refractivity contribution in [1.29, 1.82) is 0 Å². The first-order chi connectivity index (χ1) is 14.5. The zero-order chi connectivity index (χ0) is 21.5. The van der Waals surface area contributed by atoms with Gasteiger partial charge in [0.15, 0.2) is 11.0 Å². The predicted octanol–water partition coefficient (Wildman–Crippen LogP) is 4.77. The van der Waals surface area contributed by atoms with E-state index in [-0.39, 0.29) is 17.4 Å². The van der Waals surface area contributed by atoms with Gasteiger partial charge in [0.1, 0.15) is 5.75 Å². The lowest BCUT2D eigenvalue weighted by atomic mass is 10.2. The molecule has 0 bridgehead atoms. The Morgan fingerprint density at radius 1 is 1.23 bits per heavy atom. The van der Waals surface area contributed by atoms with Gasteiger partial charge in [0.2, 0.25) is 5.91 Å².